The van der Waals surface area contributed by atoms with Crippen LogP contribution in [0.5, 0.6) is 0 Å². The molecular formula is C16H21N3S. The van der Waals surface area contributed by atoms with Crippen LogP contribution in [0, 0.1) is 0 Å². The average Bonchev–Trinajstić information content (AvgIpc) is 3.02. The van der Waals surface area contributed by atoms with Gasteiger partial charge in [-0.1, -0.05) is 31.2 Å². The Bertz CT molecular complexity index is 538. The van der Waals surface area contributed by atoms with E-state index in [1.54, 1.807) is 11.3 Å². The summed E-state index contributed by atoms with van der Waals surface area (Å²) in [6, 6.07) is 9.62. The van der Waals surface area contributed by atoms with E-state index in [0.717, 1.165) is 25.9 Å². The summed E-state index contributed by atoms with van der Waals surface area (Å²) in [4.78, 5) is 4.42. The van der Waals surface area contributed by atoms with E-state index in [0.29, 0.717) is 12.1 Å². The Labute approximate surface area is 124 Å². The Hall–Kier alpha value is -1.23. The lowest BCUT2D eigenvalue weighted by atomic mass is 9.96. The molecule has 0 aliphatic carbocycles. The predicted octanol–water partition coefficient (Wildman–Crippen LogP) is 2.90. The van der Waals surface area contributed by atoms with Gasteiger partial charge in [-0.2, -0.15) is 0 Å². The van der Waals surface area contributed by atoms with Crippen LogP contribution in [-0.4, -0.2) is 17.6 Å². The zero-order valence-electron chi connectivity index (χ0n) is 11.8. The summed E-state index contributed by atoms with van der Waals surface area (Å²) >= 11 is 1.74. The molecule has 4 heteroatoms. The maximum atomic E-state index is 4.42. The van der Waals surface area contributed by atoms with Gasteiger partial charge in [-0.25, -0.2) is 4.98 Å². The van der Waals surface area contributed by atoms with Crippen molar-refractivity contribution in [2.24, 2.45) is 0 Å². The third-order valence-corrected chi connectivity index (χ3v) is 4.82. The maximum absolute atomic E-state index is 4.42. The molecule has 0 radical (unpaired) electrons. The average molecular weight is 287 g/mol. The van der Waals surface area contributed by atoms with Gasteiger partial charge in [0.2, 0.25) is 0 Å². The van der Waals surface area contributed by atoms with Gasteiger partial charge in [-0.15, -0.1) is 11.3 Å². The number of hydrogen-bond donors (Lipinski definition) is 2. The van der Waals surface area contributed by atoms with Gasteiger partial charge in [0.15, 0.2) is 0 Å². The molecule has 0 spiro atoms. The number of fused-ring (bicyclic) bond motifs is 1. The van der Waals surface area contributed by atoms with Gasteiger partial charge in [-0.3, -0.25) is 0 Å². The van der Waals surface area contributed by atoms with Crippen molar-refractivity contribution < 1.29 is 0 Å². The van der Waals surface area contributed by atoms with Crippen LogP contribution in [0.4, 0.5) is 0 Å². The Morgan fingerprint density at radius 3 is 3.00 bits per heavy atom. The third kappa shape index (κ3) is 3.08. The van der Waals surface area contributed by atoms with Crippen LogP contribution in [0.15, 0.2) is 35.8 Å². The van der Waals surface area contributed by atoms with E-state index in [4.69, 9.17) is 0 Å². The number of aromatic nitrogens is 1. The van der Waals surface area contributed by atoms with Gasteiger partial charge in [-0.05, 0) is 24.0 Å². The molecular weight excluding hydrogens is 266 g/mol. The molecule has 106 valence electrons. The fraction of sp³-hybridized carbons (Fsp3) is 0.438. The highest BCUT2D eigenvalue weighted by molar-refractivity contribution is 7.09. The molecule has 3 rings (SSSR count). The molecule has 1 aliphatic heterocycles. The van der Waals surface area contributed by atoms with Crippen molar-refractivity contribution in [3.63, 3.8) is 0 Å². The number of hydrogen-bond acceptors (Lipinski definition) is 4. The second-order valence-corrected chi connectivity index (χ2v) is 6.22. The molecule has 0 saturated carbocycles. The fourth-order valence-electron chi connectivity index (χ4n) is 2.76. The Balaban J connectivity index is 1.57. The molecule has 1 aliphatic rings. The zero-order chi connectivity index (χ0) is 13.8. The summed E-state index contributed by atoms with van der Waals surface area (Å²) in [5.41, 5.74) is 2.93. The quantitative estimate of drug-likeness (QED) is 0.888. The monoisotopic (exact) mass is 287 g/mol. The van der Waals surface area contributed by atoms with Gasteiger partial charge in [0, 0.05) is 30.7 Å². The molecule has 0 saturated heterocycles. The van der Waals surface area contributed by atoms with E-state index in [1.807, 2.05) is 6.20 Å². The predicted molar refractivity (Wildman–Crippen MR) is 83.9 cm³/mol. The molecule has 2 aromatic rings. The molecule has 3 nitrogen and oxygen atoms in total. The van der Waals surface area contributed by atoms with Gasteiger partial charge >= 0.3 is 0 Å². The van der Waals surface area contributed by atoms with Crippen LogP contribution in [0.25, 0.3) is 0 Å². The molecule has 1 aromatic heterocycles. The lowest BCUT2D eigenvalue weighted by molar-refractivity contribution is 0.411. The number of nitrogens with zero attached hydrogens (tertiary/aromatic N) is 1. The summed E-state index contributed by atoms with van der Waals surface area (Å²) in [6.07, 6.45) is 4.08. The second-order valence-electron chi connectivity index (χ2n) is 5.29. The lowest BCUT2D eigenvalue weighted by Gasteiger charge is -2.27. The Morgan fingerprint density at radius 1 is 1.40 bits per heavy atom. The third-order valence-electron chi connectivity index (χ3n) is 3.93. The van der Waals surface area contributed by atoms with Crippen LogP contribution in [0.2, 0.25) is 0 Å². The van der Waals surface area contributed by atoms with Crippen molar-refractivity contribution in [2.45, 2.75) is 38.4 Å². The Morgan fingerprint density at radius 2 is 2.25 bits per heavy atom. The molecule has 2 N–H and O–H groups in total. The molecule has 2 atom stereocenters. The van der Waals surface area contributed by atoms with E-state index in [2.05, 4.69) is 52.2 Å². The van der Waals surface area contributed by atoms with Crippen LogP contribution in [0.3, 0.4) is 0 Å². The van der Waals surface area contributed by atoms with Crippen LogP contribution < -0.4 is 10.6 Å². The SMILES string of the molecule is CCC(NCC1Cc2ccccc2CN1)c1nccs1. The molecule has 20 heavy (non-hydrogen) atoms. The smallest absolute Gasteiger partial charge is 0.109 e. The van der Waals surface area contributed by atoms with Gasteiger partial charge < -0.3 is 10.6 Å². The normalized spacial score (nSPS) is 19.6. The number of benzene rings is 1. The van der Waals surface area contributed by atoms with Crippen molar-refractivity contribution in [1.82, 2.24) is 15.6 Å². The first-order chi connectivity index (χ1) is 9.86. The number of thiazole rings is 1. The standard InChI is InChI=1S/C16H21N3S/c1-2-15(16-17-7-8-20-16)19-11-14-9-12-5-3-4-6-13(12)10-18-14/h3-8,14-15,18-19H,2,9-11H2,1H3. The van der Waals surface area contributed by atoms with Gasteiger partial charge in [0.1, 0.15) is 5.01 Å². The molecule has 0 amide bonds. The van der Waals surface area contributed by atoms with Crippen LogP contribution >= 0.6 is 11.3 Å². The van der Waals surface area contributed by atoms with Crippen molar-refractivity contribution in [3.05, 3.63) is 52.0 Å². The van der Waals surface area contributed by atoms with E-state index >= 15 is 0 Å². The second kappa shape index (κ2) is 6.48. The summed E-state index contributed by atoms with van der Waals surface area (Å²) in [5.74, 6) is 0. The highest BCUT2D eigenvalue weighted by atomic mass is 32.1. The van der Waals surface area contributed by atoms with E-state index < -0.39 is 0 Å². The van der Waals surface area contributed by atoms with Crippen LogP contribution in [-0.2, 0) is 13.0 Å². The largest absolute Gasteiger partial charge is 0.308 e. The van der Waals surface area contributed by atoms with E-state index in [9.17, 15) is 0 Å². The summed E-state index contributed by atoms with van der Waals surface area (Å²) in [7, 11) is 0. The topological polar surface area (TPSA) is 37.0 Å². The number of nitrogens with one attached hydrogen (secondary N) is 2. The molecule has 2 heterocycles. The highest BCUT2D eigenvalue weighted by Crippen LogP contribution is 2.20. The van der Waals surface area contributed by atoms with Crippen LogP contribution in [0.1, 0.15) is 35.5 Å². The summed E-state index contributed by atoms with van der Waals surface area (Å²) < 4.78 is 0. The lowest BCUT2D eigenvalue weighted by Crippen LogP contribution is -2.43. The minimum Gasteiger partial charge on any atom is -0.308 e. The minimum atomic E-state index is 0.383. The summed E-state index contributed by atoms with van der Waals surface area (Å²) in [5, 5.41) is 10.5. The van der Waals surface area contributed by atoms with E-state index in [1.165, 1.54) is 16.1 Å². The first-order valence-corrected chi connectivity index (χ1v) is 8.17. The fourth-order valence-corrected chi connectivity index (χ4v) is 3.56. The summed E-state index contributed by atoms with van der Waals surface area (Å²) in [6.45, 7) is 4.19. The molecule has 0 fully saturated rings. The van der Waals surface area contributed by atoms with Crippen molar-refractivity contribution in [1.29, 1.82) is 0 Å². The highest BCUT2D eigenvalue weighted by Gasteiger charge is 2.19. The van der Waals surface area contributed by atoms with Gasteiger partial charge in [0.05, 0.1) is 6.04 Å². The number of rotatable bonds is 5. The maximum Gasteiger partial charge on any atom is 0.109 e. The Kier molecular flexibility index (Phi) is 4.45. The minimum absolute atomic E-state index is 0.383. The van der Waals surface area contributed by atoms with E-state index in [-0.39, 0.29) is 0 Å². The zero-order valence-corrected chi connectivity index (χ0v) is 12.6. The van der Waals surface area contributed by atoms with Gasteiger partial charge in [0.25, 0.3) is 0 Å². The molecule has 1 aromatic carbocycles. The first kappa shape index (κ1) is 13.7. The molecule has 0 bridgehead atoms. The van der Waals surface area contributed by atoms with Crippen molar-refractivity contribution >= 4 is 11.3 Å². The van der Waals surface area contributed by atoms with Crippen molar-refractivity contribution in [2.75, 3.05) is 6.54 Å². The first-order valence-electron chi connectivity index (χ1n) is 7.29. The molecule has 2 unspecified atom stereocenters. The van der Waals surface area contributed by atoms with Crippen molar-refractivity contribution in [3.8, 4) is 0 Å².